The number of nitro groups is 2. The van der Waals surface area contributed by atoms with Crippen LogP contribution < -0.4 is 14.7 Å². The number of hydrogen-bond donors (Lipinski definition) is 0. The first-order chi connectivity index (χ1) is 38.3. The first kappa shape index (κ1) is 46.8. The third kappa shape index (κ3) is 8.22. The van der Waals surface area contributed by atoms with Crippen LogP contribution in [-0.2, 0) is 0 Å². The van der Waals surface area contributed by atoms with Crippen molar-refractivity contribution in [3.63, 3.8) is 0 Å². The van der Waals surface area contributed by atoms with Crippen LogP contribution in [0.15, 0.2) is 266 Å². The summed E-state index contributed by atoms with van der Waals surface area (Å²) < 4.78 is 2.23. The van der Waals surface area contributed by atoms with Gasteiger partial charge in [-0.15, -0.1) is 4.91 Å². The number of nitrogens with zero attached hydrogens (tertiary/aromatic N) is 7. The van der Waals surface area contributed by atoms with Crippen LogP contribution >= 0.6 is 0 Å². The average Bonchev–Trinajstić information content (AvgIpc) is 3.89. The van der Waals surface area contributed by atoms with Crippen LogP contribution in [-0.4, -0.2) is 14.4 Å². The lowest BCUT2D eigenvalue weighted by atomic mass is 10.0. The number of aromatic nitrogens is 1. The minimum atomic E-state index is -0.377. The van der Waals surface area contributed by atoms with Gasteiger partial charge >= 0.3 is 0 Å². The van der Waals surface area contributed by atoms with E-state index in [1.807, 2.05) is 91.0 Å². The fraction of sp³-hybridized carbons (Fsp3) is 0. The summed E-state index contributed by atoms with van der Waals surface area (Å²) in [7, 11) is 0. The fourth-order valence-corrected chi connectivity index (χ4v) is 11.0. The molecule has 0 amide bonds. The van der Waals surface area contributed by atoms with Crippen molar-refractivity contribution in [3.8, 4) is 5.69 Å². The maximum Gasteiger partial charge on any atom is 0.271 e. The van der Waals surface area contributed by atoms with Crippen molar-refractivity contribution in [2.45, 2.75) is 0 Å². The van der Waals surface area contributed by atoms with Crippen molar-refractivity contribution < 1.29 is 9.85 Å². The first-order valence-electron chi connectivity index (χ1n) is 25.2. The molecule has 0 spiro atoms. The number of hydrogen-bond acceptors (Lipinski definition) is 9. The van der Waals surface area contributed by atoms with E-state index >= 15 is 0 Å². The second kappa shape index (κ2) is 19.4. The Kier molecular flexibility index (Phi) is 11.6. The number of nitro benzene ring substituents is 2. The van der Waals surface area contributed by atoms with Gasteiger partial charge in [0.1, 0.15) is 5.69 Å². The third-order valence-corrected chi connectivity index (χ3v) is 14.4. The van der Waals surface area contributed by atoms with Gasteiger partial charge in [-0.1, -0.05) is 127 Å². The minimum absolute atomic E-state index is 0.0368. The van der Waals surface area contributed by atoms with Gasteiger partial charge in [-0.3, -0.25) is 20.2 Å². The van der Waals surface area contributed by atoms with E-state index in [4.69, 9.17) is 0 Å². The Balaban J connectivity index is 1.05. The van der Waals surface area contributed by atoms with Gasteiger partial charge in [0.15, 0.2) is 0 Å². The Hall–Kier alpha value is -11.0. The largest absolute Gasteiger partial charge is 0.310 e. The summed E-state index contributed by atoms with van der Waals surface area (Å²) in [5.41, 5.74) is 9.87. The quantitative estimate of drug-likeness (QED) is 0.0634. The molecule has 78 heavy (non-hydrogen) atoms. The molecule has 0 radical (unpaired) electrons. The topological polar surface area (TPSA) is 130 Å². The van der Waals surface area contributed by atoms with Crippen molar-refractivity contribution in [1.82, 2.24) is 4.57 Å². The fourth-order valence-electron chi connectivity index (χ4n) is 11.0. The highest BCUT2D eigenvalue weighted by atomic mass is 16.6. The molecule has 0 aliphatic heterocycles. The molecular formula is C66H43N7O5. The monoisotopic (exact) mass is 1010 g/mol. The molecule has 1 aromatic heterocycles. The van der Waals surface area contributed by atoms with Gasteiger partial charge in [0.05, 0.1) is 49.3 Å². The van der Waals surface area contributed by atoms with Crippen molar-refractivity contribution in [3.05, 3.63) is 286 Å². The lowest BCUT2D eigenvalue weighted by Crippen LogP contribution is -2.11. The highest BCUT2D eigenvalue weighted by molar-refractivity contribution is 6.13. The molecule has 0 atom stereocenters. The molecule has 0 saturated carbocycles. The predicted molar refractivity (Wildman–Crippen MR) is 316 cm³/mol. The average molecular weight is 1010 g/mol. The molecule has 0 unspecified atom stereocenters. The smallest absolute Gasteiger partial charge is 0.271 e. The summed E-state index contributed by atoms with van der Waals surface area (Å²) in [6.45, 7) is 0. The highest BCUT2D eigenvalue weighted by Gasteiger charge is 2.24. The van der Waals surface area contributed by atoms with Gasteiger partial charge in [0.25, 0.3) is 11.4 Å². The van der Waals surface area contributed by atoms with Crippen LogP contribution in [0.4, 0.5) is 68.2 Å². The van der Waals surface area contributed by atoms with Crippen molar-refractivity contribution >= 4 is 122 Å². The van der Waals surface area contributed by atoms with E-state index < -0.39 is 0 Å². The maximum absolute atomic E-state index is 12.3. The second-order valence-electron chi connectivity index (χ2n) is 18.9. The number of fused-ring (bicyclic) bond motifs is 6. The van der Waals surface area contributed by atoms with Gasteiger partial charge in [-0.2, -0.15) is 0 Å². The van der Waals surface area contributed by atoms with Crippen molar-refractivity contribution in [2.75, 3.05) is 14.7 Å². The predicted octanol–water partition coefficient (Wildman–Crippen LogP) is 18.9. The van der Waals surface area contributed by atoms with E-state index in [1.54, 1.807) is 36.4 Å². The van der Waals surface area contributed by atoms with Gasteiger partial charge in [0, 0.05) is 79.6 Å². The molecule has 1 heterocycles. The molecule has 0 aliphatic rings. The molecular weight excluding hydrogens is 971 g/mol. The standard InChI is InChI=1S/C66H43N7O5/c74-67-47-19-10-20-50(39-47)68(62-28-7-16-44-13-1-4-25-57(44)62)48-31-33-49(34-32-48)71-65-37-35-53(69(51-21-11-23-55(40-51)72(75)76)63-29-8-17-45-14-2-5-26-58(45)63)42-60(65)61-43-54(36-38-66(61)71)70(52-22-12-24-56(41-52)73(77)78)64-30-9-18-46-15-3-6-27-59(46)64/h1-43H. The van der Waals surface area contributed by atoms with Gasteiger partial charge < -0.3 is 19.3 Å². The lowest BCUT2D eigenvalue weighted by molar-refractivity contribution is -0.385. The summed E-state index contributed by atoms with van der Waals surface area (Å²) in [5.74, 6) is 0. The van der Waals surface area contributed by atoms with Gasteiger partial charge in [-0.05, 0) is 131 Å². The second-order valence-corrected chi connectivity index (χ2v) is 18.9. The third-order valence-electron chi connectivity index (χ3n) is 14.4. The Labute approximate surface area is 446 Å². The van der Waals surface area contributed by atoms with Crippen LogP contribution in [0.25, 0.3) is 59.8 Å². The van der Waals surface area contributed by atoms with Gasteiger partial charge in [-0.25, -0.2) is 0 Å². The van der Waals surface area contributed by atoms with Crippen molar-refractivity contribution in [2.24, 2.45) is 5.18 Å². The number of rotatable bonds is 13. The minimum Gasteiger partial charge on any atom is -0.310 e. The summed E-state index contributed by atoms with van der Waals surface area (Å²) in [6.07, 6.45) is 0. The van der Waals surface area contributed by atoms with E-state index in [9.17, 15) is 25.1 Å². The van der Waals surface area contributed by atoms with Crippen LogP contribution in [0.1, 0.15) is 0 Å². The Morgan fingerprint density at radius 1 is 0.333 bits per heavy atom. The molecule has 12 heteroatoms. The number of benzene rings is 12. The van der Waals surface area contributed by atoms with Crippen LogP contribution in [0.5, 0.6) is 0 Å². The first-order valence-corrected chi connectivity index (χ1v) is 25.2. The summed E-state index contributed by atoms with van der Waals surface area (Å²) >= 11 is 0. The van der Waals surface area contributed by atoms with E-state index in [2.05, 4.69) is 146 Å². The molecule has 0 fully saturated rings. The Bertz CT molecular complexity index is 4320. The number of nitroso groups, excluding NO2 is 1. The molecule has 0 bridgehead atoms. The molecule has 12 aromatic carbocycles. The normalized spacial score (nSPS) is 11.3. The SMILES string of the molecule is O=Nc1cccc(N(c2ccc(-n3c4ccc(N(c5cccc([N+](=O)[O-])c5)c5cccc6ccccc56)cc4c4cc(N(c5cccc([N+](=O)[O-])c5)c5cccc6ccccc56)ccc43)cc2)c2cccc3ccccc23)c1. The molecule has 13 rings (SSSR count). The van der Waals surface area contributed by atoms with E-state index in [-0.39, 0.29) is 21.2 Å². The van der Waals surface area contributed by atoms with Crippen LogP contribution in [0.3, 0.4) is 0 Å². The Morgan fingerprint density at radius 2 is 0.692 bits per heavy atom. The van der Waals surface area contributed by atoms with Gasteiger partial charge in [0.2, 0.25) is 0 Å². The number of anilines is 9. The van der Waals surface area contributed by atoms with E-state index in [0.29, 0.717) is 17.1 Å². The summed E-state index contributed by atoms with van der Waals surface area (Å²) in [6, 6.07) is 84.3. The zero-order valence-electron chi connectivity index (χ0n) is 41.5. The van der Waals surface area contributed by atoms with Crippen LogP contribution in [0.2, 0.25) is 0 Å². The maximum atomic E-state index is 12.3. The summed E-state index contributed by atoms with van der Waals surface area (Å²) in [4.78, 5) is 42.1. The van der Waals surface area contributed by atoms with E-state index in [1.165, 1.54) is 12.1 Å². The summed E-state index contributed by atoms with van der Waals surface area (Å²) in [5, 5.41) is 35.8. The zero-order valence-corrected chi connectivity index (χ0v) is 41.5. The Morgan fingerprint density at radius 3 is 1.13 bits per heavy atom. The molecule has 0 aliphatic carbocycles. The number of non-ortho nitro benzene ring substituents is 2. The zero-order chi connectivity index (χ0) is 52.9. The lowest BCUT2D eigenvalue weighted by Gasteiger charge is -2.27. The molecule has 0 N–H and O–H groups in total. The molecule has 372 valence electrons. The van der Waals surface area contributed by atoms with E-state index in [0.717, 1.165) is 99.6 Å². The molecule has 0 saturated heterocycles. The molecule has 12 nitrogen and oxygen atoms in total. The van der Waals surface area contributed by atoms with Crippen LogP contribution in [0, 0.1) is 25.1 Å². The van der Waals surface area contributed by atoms with Crippen molar-refractivity contribution in [1.29, 1.82) is 0 Å². The molecule has 13 aromatic rings. The highest BCUT2D eigenvalue weighted by Crippen LogP contribution is 2.47.